The molecule has 130 valence electrons. The van der Waals surface area contributed by atoms with Crippen molar-refractivity contribution in [2.75, 3.05) is 6.54 Å². The van der Waals surface area contributed by atoms with Crippen molar-refractivity contribution < 1.29 is 23.1 Å². The highest BCUT2D eigenvalue weighted by Gasteiger charge is 2.21. The Morgan fingerprint density at radius 2 is 2.08 bits per heavy atom. The topological polar surface area (TPSA) is 55.4 Å². The van der Waals surface area contributed by atoms with E-state index in [4.69, 9.17) is 4.74 Å². The third kappa shape index (κ3) is 5.15. The Morgan fingerprint density at radius 3 is 2.75 bits per heavy atom. The van der Waals surface area contributed by atoms with Gasteiger partial charge >= 0.3 is 5.97 Å². The van der Waals surface area contributed by atoms with Crippen LogP contribution in [0.25, 0.3) is 0 Å². The monoisotopic (exact) mass is 337 g/mol. The Bertz CT molecular complexity index is 643. The number of amides is 1. The molecule has 2 rings (SSSR count). The summed E-state index contributed by atoms with van der Waals surface area (Å²) < 4.78 is 31.3. The first-order valence-electron chi connectivity index (χ1n) is 8.09. The Hall–Kier alpha value is -2.24. The minimum absolute atomic E-state index is 0.400. The van der Waals surface area contributed by atoms with Gasteiger partial charge in [-0.1, -0.05) is 11.6 Å². The molecule has 0 bridgehead atoms. The maximum Gasteiger partial charge on any atom is 0.341 e. The van der Waals surface area contributed by atoms with Gasteiger partial charge in [-0.05, 0) is 51.2 Å². The van der Waals surface area contributed by atoms with Crippen LogP contribution in [0.1, 0.15) is 49.4 Å². The van der Waals surface area contributed by atoms with Crippen molar-refractivity contribution >= 4 is 11.9 Å². The molecule has 24 heavy (non-hydrogen) atoms. The van der Waals surface area contributed by atoms with Gasteiger partial charge in [0.05, 0.1) is 5.56 Å². The minimum Gasteiger partial charge on any atom is -0.449 e. The molecular weight excluding hydrogens is 316 g/mol. The molecule has 0 radical (unpaired) electrons. The van der Waals surface area contributed by atoms with Crippen LogP contribution in [0.15, 0.2) is 29.8 Å². The summed E-state index contributed by atoms with van der Waals surface area (Å²) in [4.78, 5) is 23.8. The predicted molar refractivity (Wildman–Crippen MR) is 85.4 cm³/mol. The van der Waals surface area contributed by atoms with E-state index in [1.165, 1.54) is 25.3 Å². The number of nitrogens with one attached hydrogen (secondary N) is 1. The Balaban J connectivity index is 1.80. The molecule has 0 fully saturated rings. The zero-order valence-electron chi connectivity index (χ0n) is 13.6. The van der Waals surface area contributed by atoms with Gasteiger partial charge in [-0.3, -0.25) is 4.79 Å². The number of ether oxygens (including phenoxy) is 1. The van der Waals surface area contributed by atoms with Gasteiger partial charge in [-0.25, -0.2) is 13.6 Å². The maximum atomic E-state index is 13.5. The second kappa shape index (κ2) is 8.57. The van der Waals surface area contributed by atoms with Crippen molar-refractivity contribution in [2.24, 2.45) is 0 Å². The van der Waals surface area contributed by atoms with Crippen LogP contribution < -0.4 is 5.32 Å². The first kappa shape index (κ1) is 18.1. The van der Waals surface area contributed by atoms with E-state index in [2.05, 4.69) is 11.4 Å². The van der Waals surface area contributed by atoms with Crippen molar-refractivity contribution in [3.8, 4) is 0 Å². The van der Waals surface area contributed by atoms with Crippen molar-refractivity contribution in [3.63, 3.8) is 0 Å². The van der Waals surface area contributed by atoms with E-state index in [1.54, 1.807) is 0 Å². The number of hydrogen-bond donors (Lipinski definition) is 1. The minimum atomic E-state index is -1.05. The standard InChI is InChI=1S/C18H21F2NO3/c1-12(17(22)21-10-9-13-5-3-2-4-6-13)24-18(23)15-8-7-14(19)11-16(15)20/h5,7-8,11-12H,2-4,6,9-10H2,1H3,(H,21,22)/t12-/m1/s1. The molecular formula is C18H21F2NO3. The van der Waals surface area contributed by atoms with Crippen LogP contribution in [0.3, 0.4) is 0 Å². The van der Waals surface area contributed by atoms with Crippen LogP contribution >= 0.6 is 0 Å². The van der Waals surface area contributed by atoms with Gasteiger partial charge in [0, 0.05) is 12.6 Å². The fourth-order valence-electron chi connectivity index (χ4n) is 2.55. The number of hydrogen-bond acceptors (Lipinski definition) is 3. The predicted octanol–water partition coefficient (Wildman–Crippen LogP) is 3.52. The van der Waals surface area contributed by atoms with Crippen molar-refractivity contribution in [2.45, 2.75) is 45.1 Å². The first-order valence-corrected chi connectivity index (χ1v) is 8.09. The SMILES string of the molecule is C[C@@H](OC(=O)c1ccc(F)cc1F)C(=O)NCCC1=CCCCC1. The lowest BCUT2D eigenvalue weighted by molar-refractivity contribution is -0.129. The summed E-state index contributed by atoms with van der Waals surface area (Å²) in [6.45, 7) is 1.88. The van der Waals surface area contributed by atoms with Crippen molar-refractivity contribution in [1.29, 1.82) is 0 Å². The maximum absolute atomic E-state index is 13.5. The molecule has 1 aromatic rings. The quantitative estimate of drug-likeness (QED) is 0.638. The highest BCUT2D eigenvalue weighted by molar-refractivity contribution is 5.92. The van der Waals surface area contributed by atoms with Gasteiger partial charge in [0.2, 0.25) is 0 Å². The molecule has 0 aromatic heterocycles. The molecule has 1 amide bonds. The van der Waals surface area contributed by atoms with E-state index in [0.717, 1.165) is 31.4 Å². The number of rotatable bonds is 6. The largest absolute Gasteiger partial charge is 0.449 e. The van der Waals surface area contributed by atoms with E-state index < -0.39 is 35.2 Å². The van der Waals surface area contributed by atoms with Crippen LogP contribution in [0, 0.1) is 11.6 Å². The molecule has 0 heterocycles. The molecule has 1 aromatic carbocycles. The number of carbonyl (C=O) groups is 2. The van der Waals surface area contributed by atoms with Gasteiger partial charge in [0.25, 0.3) is 5.91 Å². The Kier molecular flexibility index (Phi) is 6.46. The number of allylic oxidation sites excluding steroid dienone is 1. The fraction of sp³-hybridized carbons (Fsp3) is 0.444. The molecule has 4 nitrogen and oxygen atoms in total. The lowest BCUT2D eigenvalue weighted by Crippen LogP contribution is -2.36. The van der Waals surface area contributed by atoms with Crippen LogP contribution in [0.4, 0.5) is 8.78 Å². The number of carbonyl (C=O) groups excluding carboxylic acids is 2. The van der Waals surface area contributed by atoms with Crippen LogP contribution in [0.5, 0.6) is 0 Å². The molecule has 6 heteroatoms. The smallest absolute Gasteiger partial charge is 0.341 e. The summed E-state index contributed by atoms with van der Waals surface area (Å²) >= 11 is 0. The summed E-state index contributed by atoms with van der Waals surface area (Å²) in [5.41, 5.74) is 0.933. The van der Waals surface area contributed by atoms with Crippen LogP contribution in [-0.4, -0.2) is 24.5 Å². The molecule has 0 unspecified atom stereocenters. The summed E-state index contributed by atoms with van der Waals surface area (Å²) in [7, 11) is 0. The Labute approximate surface area is 139 Å². The highest BCUT2D eigenvalue weighted by Crippen LogP contribution is 2.19. The summed E-state index contributed by atoms with van der Waals surface area (Å²) in [6.07, 6.45) is 6.46. The van der Waals surface area contributed by atoms with Gasteiger partial charge in [-0.15, -0.1) is 0 Å². The molecule has 1 atom stereocenters. The molecule has 1 aliphatic carbocycles. The lowest BCUT2D eigenvalue weighted by atomic mass is 9.97. The normalized spacial score (nSPS) is 15.4. The molecule has 0 aliphatic heterocycles. The first-order chi connectivity index (χ1) is 11.5. The van der Waals surface area contributed by atoms with E-state index >= 15 is 0 Å². The van der Waals surface area contributed by atoms with Crippen LogP contribution in [-0.2, 0) is 9.53 Å². The van der Waals surface area contributed by atoms with Gasteiger partial charge in [0.15, 0.2) is 6.10 Å². The second-order valence-electron chi connectivity index (χ2n) is 5.82. The molecule has 0 saturated heterocycles. The zero-order valence-corrected chi connectivity index (χ0v) is 13.6. The molecule has 0 saturated carbocycles. The molecule has 1 aliphatic rings. The molecule has 0 spiro atoms. The number of halogens is 2. The van der Waals surface area contributed by atoms with E-state index in [1.807, 2.05) is 0 Å². The fourth-order valence-corrected chi connectivity index (χ4v) is 2.55. The third-order valence-corrected chi connectivity index (χ3v) is 3.93. The number of benzene rings is 1. The summed E-state index contributed by atoms with van der Waals surface area (Å²) in [5, 5.41) is 2.70. The van der Waals surface area contributed by atoms with Gasteiger partial charge in [-0.2, -0.15) is 0 Å². The number of esters is 1. The zero-order chi connectivity index (χ0) is 17.5. The lowest BCUT2D eigenvalue weighted by Gasteiger charge is -2.15. The van der Waals surface area contributed by atoms with Crippen molar-refractivity contribution in [1.82, 2.24) is 5.32 Å². The summed E-state index contributed by atoms with van der Waals surface area (Å²) in [5.74, 6) is -3.24. The Morgan fingerprint density at radius 1 is 1.29 bits per heavy atom. The van der Waals surface area contributed by atoms with Crippen LogP contribution in [0.2, 0.25) is 0 Å². The van der Waals surface area contributed by atoms with Gasteiger partial charge < -0.3 is 10.1 Å². The van der Waals surface area contributed by atoms with Gasteiger partial charge in [0.1, 0.15) is 11.6 Å². The highest BCUT2D eigenvalue weighted by atomic mass is 19.1. The molecule has 1 N–H and O–H groups in total. The third-order valence-electron chi connectivity index (χ3n) is 3.93. The van der Waals surface area contributed by atoms with Crippen molar-refractivity contribution in [3.05, 3.63) is 47.0 Å². The van der Waals surface area contributed by atoms with E-state index in [9.17, 15) is 18.4 Å². The second-order valence-corrected chi connectivity index (χ2v) is 5.82. The average molecular weight is 337 g/mol. The van der Waals surface area contributed by atoms with E-state index in [0.29, 0.717) is 12.6 Å². The summed E-state index contributed by atoms with van der Waals surface area (Å²) in [6, 6.07) is 2.55. The average Bonchev–Trinajstić information content (AvgIpc) is 2.55. The van der Waals surface area contributed by atoms with E-state index in [-0.39, 0.29) is 0 Å².